The first-order chi connectivity index (χ1) is 11.1. The van der Waals surface area contributed by atoms with Gasteiger partial charge >= 0.3 is 0 Å². The quantitative estimate of drug-likeness (QED) is 0.855. The summed E-state index contributed by atoms with van der Waals surface area (Å²) < 4.78 is 18.1. The second-order valence-corrected chi connectivity index (χ2v) is 5.42. The van der Waals surface area contributed by atoms with Gasteiger partial charge in [0.15, 0.2) is 5.76 Å². The number of hydrogen-bond donors (Lipinski definition) is 0. The minimum Gasteiger partial charge on any atom is -0.459 e. The van der Waals surface area contributed by atoms with E-state index >= 15 is 0 Å². The summed E-state index contributed by atoms with van der Waals surface area (Å²) in [7, 11) is 0. The standard InChI is InChI=1S/C17H17FN2O3/c18-14-6-4-13(5-7-14)16(21)19-8-2-9-20(11-10-19)17(22)15-3-1-12-23-15/h1,3-7,12H,2,8-11H2. The van der Waals surface area contributed by atoms with Crippen molar-refractivity contribution < 1.29 is 18.4 Å². The van der Waals surface area contributed by atoms with Gasteiger partial charge in [-0.1, -0.05) is 0 Å². The molecule has 23 heavy (non-hydrogen) atoms. The van der Waals surface area contributed by atoms with Crippen LogP contribution in [0.25, 0.3) is 0 Å². The van der Waals surface area contributed by atoms with Crippen LogP contribution in [0.15, 0.2) is 47.1 Å². The molecule has 1 fully saturated rings. The first kappa shape index (κ1) is 15.3. The molecule has 0 unspecified atom stereocenters. The number of hydrogen-bond acceptors (Lipinski definition) is 3. The van der Waals surface area contributed by atoms with Crippen LogP contribution < -0.4 is 0 Å². The number of halogens is 1. The molecule has 2 amide bonds. The molecule has 2 heterocycles. The van der Waals surface area contributed by atoms with Gasteiger partial charge in [-0.3, -0.25) is 9.59 Å². The van der Waals surface area contributed by atoms with E-state index < -0.39 is 0 Å². The summed E-state index contributed by atoms with van der Waals surface area (Å²) in [5.41, 5.74) is 0.456. The Morgan fingerprint density at radius 2 is 1.57 bits per heavy atom. The van der Waals surface area contributed by atoms with Crippen molar-refractivity contribution in [1.29, 1.82) is 0 Å². The Bertz CT molecular complexity index is 682. The molecule has 6 heteroatoms. The molecule has 3 rings (SSSR count). The van der Waals surface area contributed by atoms with E-state index in [0.717, 1.165) is 0 Å². The number of carbonyl (C=O) groups is 2. The largest absolute Gasteiger partial charge is 0.459 e. The van der Waals surface area contributed by atoms with Crippen molar-refractivity contribution in [2.24, 2.45) is 0 Å². The summed E-state index contributed by atoms with van der Waals surface area (Å²) >= 11 is 0. The molecular formula is C17H17FN2O3. The van der Waals surface area contributed by atoms with Crippen molar-refractivity contribution in [3.8, 4) is 0 Å². The van der Waals surface area contributed by atoms with Crippen LogP contribution in [-0.4, -0.2) is 47.8 Å². The maximum Gasteiger partial charge on any atom is 0.289 e. The Labute approximate surface area is 133 Å². The Morgan fingerprint density at radius 3 is 2.17 bits per heavy atom. The van der Waals surface area contributed by atoms with Crippen LogP contribution in [0.3, 0.4) is 0 Å². The summed E-state index contributed by atoms with van der Waals surface area (Å²) in [6, 6.07) is 8.82. The van der Waals surface area contributed by atoms with Crippen LogP contribution >= 0.6 is 0 Å². The first-order valence-corrected chi connectivity index (χ1v) is 7.53. The third-order valence-corrected chi connectivity index (χ3v) is 3.89. The molecule has 5 nitrogen and oxygen atoms in total. The van der Waals surface area contributed by atoms with Gasteiger partial charge in [0.25, 0.3) is 11.8 Å². The Morgan fingerprint density at radius 1 is 0.913 bits per heavy atom. The van der Waals surface area contributed by atoms with E-state index in [1.165, 1.54) is 30.5 Å². The maximum atomic E-state index is 13.0. The van der Waals surface area contributed by atoms with Crippen molar-refractivity contribution >= 4 is 11.8 Å². The summed E-state index contributed by atoms with van der Waals surface area (Å²) in [6.07, 6.45) is 2.16. The highest BCUT2D eigenvalue weighted by Gasteiger charge is 2.24. The lowest BCUT2D eigenvalue weighted by Gasteiger charge is -2.21. The summed E-state index contributed by atoms with van der Waals surface area (Å²) in [5, 5.41) is 0. The van der Waals surface area contributed by atoms with E-state index in [9.17, 15) is 14.0 Å². The van der Waals surface area contributed by atoms with E-state index in [-0.39, 0.29) is 17.6 Å². The molecule has 0 atom stereocenters. The Kier molecular flexibility index (Phi) is 4.41. The lowest BCUT2D eigenvalue weighted by molar-refractivity contribution is 0.0700. The molecule has 0 spiro atoms. The molecule has 0 aliphatic carbocycles. The normalized spacial score (nSPS) is 15.3. The third kappa shape index (κ3) is 3.41. The molecule has 1 saturated heterocycles. The van der Waals surface area contributed by atoms with Crippen molar-refractivity contribution in [1.82, 2.24) is 9.80 Å². The number of furan rings is 1. The van der Waals surface area contributed by atoms with Gasteiger partial charge < -0.3 is 14.2 Å². The van der Waals surface area contributed by atoms with Crippen LogP contribution in [0, 0.1) is 5.82 Å². The van der Waals surface area contributed by atoms with Crippen LogP contribution in [0.2, 0.25) is 0 Å². The molecular weight excluding hydrogens is 299 g/mol. The molecule has 1 aromatic carbocycles. The van der Waals surface area contributed by atoms with Crippen molar-refractivity contribution in [2.45, 2.75) is 6.42 Å². The smallest absolute Gasteiger partial charge is 0.289 e. The first-order valence-electron chi connectivity index (χ1n) is 7.53. The van der Waals surface area contributed by atoms with Crippen LogP contribution in [0.1, 0.15) is 27.3 Å². The highest BCUT2D eigenvalue weighted by Crippen LogP contribution is 2.13. The molecule has 0 N–H and O–H groups in total. The number of amides is 2. The molecule has 1 aliphatic rings. The minimum atomic E-state index is -0.368. The summed E-state index contributed by atoms with van der Waals surface area (Å²) in [6.45, 7) is 2.04. The van der Waals surface area contributed by atoms with Gasteiger partial charge in [0.2, 0.25) is 0 Å². The number of nitrogens with zero attached hydrogens (tertiary/aromatic N) is 2. The van der Waals surface area contributed by atoms with Crippen molar-refractivity contribution in [3.63, 3.8) is 0 Å². The second kappa shape index (κ2) is 6.64. The van der Waals surface area contributed by atoms with Crippen molar-refractivity contribution in [3.05, 3.63) is 59.8 Å². The van der Waals surface area contributed by atoms with Crippen LogP contribution in [-0.2, 0) is 0 Å². The van der Waals surface area contributed by atoms with E-state index in [1.54, 1.807) is 21.9 Å². The molecule has 0 radical (unpaired) electrons. The molecule has 1 aliphatic heterocycles. The van der Waals surface area contributed by atoms with E-state index in [4.69, 9.17) is 4.42 Å². The fourth-order valence-corrected chi connectivity index (χ4v) is 2.65. The van der Waals surface area contributed by atoms with Gasteiger partial charge in [0.05, 0.1) is 6.26 Å². The SMILES string of the molecule is O=C(c1ccc(F)cc1)N1CCCN(C(=O)c2ccco2)CC1. The lowest BCUT2D eigenvalue weighted by atomic mass is 10.2. The van der Waals surface area contributed by atoms with Gasteiger partial charge in [0.1, 0.15) is 5.82 Å². The van der Waals surface area contributed by atoms with Gasteiger partial charge in [-0.15, -0.1) is 0 Å². The highest BCUT2D eigenvalue weighted by molar-refractivity contribution is 5.94. The average Bonchev–Trinajstić information content (AvgIpc) is 2.99. The number of carbonyl (C=O) groups excluding carboxylic acids is 2. The Balaban J connectivity index is 1.65. The zero-order chi connectivity index (χ0) is 16.2. The van der Waals surface area contributed by atoms with Gasteiger partial charge in [-0.2, -0.15) is 0 Å². The average molecular weight is 316 g/mol. The van der Waals surface area contributed by atoms with E-state index in [1.807, 2.05) is 0 Å². The van der Waals surface area contributed by atoms with Crippen LogP contribution in [0.4, 0.5) is 4.39 Å². The third-order valence-electron chi connectivity index (χ3n) is 3.89. The topological polar surface area (TPSA) is 53.8 Å². The van der Waals surface area contributed by atoms with E-state index in [0.29, 0.717) is 43.9 Å². The van der Waals surface area contributed by atoms with Gasteiger partial charge in [-0.25, -0.2) is 4.39 Å². The van der Waals surface area contributed by atoms with E-state index in [2.05, 4.69) is 0 Å². The monoisotopic (exact) mass is 316 g/mol. The highest BCUT2D eigenvalue weighted by atomic mass is 19.1. The zero-order valence-electron chi connectivity index (χ0n) is 12.6. The second-order valence-electron chi connectivity index (χ2n) is 5.42. The van der Waals surface area contributed by atoms with Gasteiger partial charge in [0, 0.05) is 31.7 Å². The zero-order valence-corrected chi connectivity index (χ0v) is 12.6. The summed E-state index contributed by atoms with van der Waals surface area (Å²) in [4.78, 5) is 28.1. The summed E-state index contributed by atoms with van der Waals surface area (Å²) in [5.74, 6) is -0.362. The maximum absolute atomic E-state index is 13.0. The fourth-order valence-electron chi connectivity index (χ4n) is 2.65. The molecule has 120 valence electrons. The van der Waals surface area contributed by atoms with Gasteiger partial charge in [-0.05, 0) is 42.8 Å². The fraction of sp³-hybridized carbons (Fsp3) is 0.294. The predicted octanol–water partition coefficient (Wildman–Crippen LogP) is 2.41. The molecule has 0 saturated carbocycles. The minimum absolute atomic E-state index is 0.141. The molecule has 1 aromatic heterocycles. The lowest BCUT2D eigenvalue weighted by Crippen LogP contribution is -2.37. The van der Waals surface area contributed by atoms with Crippen molar-refractivity contribution in [2.75, 3.05) is 26.2 Å². The Hall–Kier alpha value is -2.63. The number of rotatable bonds is 2. The molecule has 0 bridgehead atoms. The number of benzene rings is 1. The molecule has 2 aromatic rings. The predicted molar refractivity (Wildman–Crippen MR) is 81.5 cm³/mol. The van der Waals surface area contributed by atoms with Crippen LogP contribution in [0.5, 0.6) is 0 Å².